The van der Waals surface area contributed by atoms with Crippen LogP contribution in [0.15, 0.2) is 37.1 Å². The molecule has 1 saturated carbocycles. The fourth-order valence-electron chi connectivity index (χ4n) is 9.57. The zero-order valence-corrected chi connectivity index (χ0v) is 32.3. The SMILES string of the molecule is C=CC(=O)N1CC2(CCN(c3nc(N4CC(N5CC[C@@H](C(C)(C)C)C5)C4)nc4c(OCC(F)(F)F)c(-c5c(C)ccc6[nH]ncc56)c(C5CC5)cc34)CC2)C1. The Morgan fingerprint density at radius 3 is 2.40 bits per heavy atom. The van der Waals surface area contributed by atoms with Gasteiger partial charge in [0.2, 0.25) is 11.9 Å². The van der Waals surface area contributed by atoms with Gasteiger partial charge in [0.05, 0.1) is 11.7 Å². The molecule has 13 heteroatoms. The molecule has 1 N–H and O–H groups in total. The van der Waals surface area contributed by atoms with Crippen LogP contribution in [0.5, 0.6) is 5.75 Å². The number of carbonyl (C=O) groups is 1. The molecule has 1 amide bonds. The maximum absolute atomic E-state index is 14.2. The minimum atomic E-state index is -4.55. The number of amides is 1. The number of aryl methyl sites for hydroxylation is 1. The lowest BCUT2D eigenvalue weighted by Crippen LogP contribution is -2.61. The summed E-state index contributed by atoms with van der Waals surface area (Å²) in [5.41, 5.74) is 4.92. The Bertz CT molecular complexity index is 2150. The summed E-state index contributed by atoms with van der Waals surface area (Å²) in [5, 5.41) is 8.92. The van der Waals surface area contributed by atoms with Crippen molar-refractivity contribution < 1.29 is 22.7 Å². The van der Waals surface area contributed by atoms with Gasteiger partial charge < -0.3 is 19.4 Å². The average Bonchev–Trinajstić information content (AvgIpc) is 3.62. The number of likely N-dealkylation sites (tertiary alicyclic amines) is 2. The lowest BCUT2D eigenvalue weighted by Gasteiger charge is -2.54. The second kappa shape index (κ2) is 13.1. The molecule has 0 bridgehead atoms. The number of aromatic nitrogens is 4. The predicted octanol–water partition coefficient (Wildman–Crippen LogP) is 7.47. The van der Waals surface area contributed by atoms with Crippen molar-refractivity contribution in [2.24, 2.45) is 16.7 Å². The van der Waals surface area contributed by atoms with Crippen molar-refractivity contribution in [3.05, 3.63) is 48.2 Å². The molecule has 292 valence electrons. The first-order valence-corrected chi connectivity index (χ1v) is 19.9. The van der Waals surface area contributed by atoms with Crippen LogP contribution >= 0.6 is 0 Å². The molecule has 5 aliphatic rings. The van der Waals surface area contributed by atoms with Crippen molar-refractivity contribution in [1.82, 2.24) is 30.0 Å². The zero-order chi connectivity index (χ0) is 38.4. The highest BCUT2D eigenvalue weighted by Gasteiger charge is 2.47. The van der Waals surface area contributed by atoms with E-state index in [2.05, 4.69) is 58.3 Å². The Kier molecular flexibility index (Phi) is 8.63. The lowest BCUT2D eigenvalue weighted by molar-refractivity contribution is -0.153. The van der Waals surface area contributed by atoms with Gasteiger partial charge in [-0.1, -0.05) is 33.4 Å². The van der Waals surface area contributed by atoms with E-state index in [4.69, 9.17) is 14.7 Å². The van der Waals surface area contributed by atoms with Crippen LogP contribution in [-0.4, -0.2) is 107 Å². The molecular formula is C42H51F3N8O2. The number of ether oxygens (including phenoxy) is 1. The van der Waals surface area contributed by atoms with E-state index in [1.807, 2.05) is 24.0 Å². The van der Waals surface area contributed by atoms with Gasteiger partial charge in [0, 0.05) is 73.6 Å². The highest BCUT2D eigenvalue weighted by Crippen LogP contribution is 2.53. The third kappa shape index (κ3) is 6.59. The van der Waals surface area contributed by atoms with Gasteiger partial charge in [0.1, 0.15) is 11.3 Å². The summed E-state index contributed by atoms with van der Waals surface area (Å²) in [6, 6.07) is 6.46. The van der Waals surface area contributed by atoms with Crippen molar-refractivity contribution in [2.75, 3.05) is 68.8 Å². The third-order valence-electron chi connectivity index (χ3n) is 13.2. The molecule has 0 unspecified atom stereocenters. The summed E-state index contributed by atoms with van der Waals surface area (Å²) in [6.07, 6.45) is 3.42. The van der Waals surface area contributed by atoms with Gasteiger partial charge in [-0.05, 0) is 97.7 Å². The Morgan fingerprint density at radius 1 is 1.00 bits per heavy atom. The number of alkyl halides is 3. The average molecular weight is 757 g/mol. The molecular weight excluding hydrogens is 706 g/mol. The van der Waals surface area contributed by atoms with Gasteiger partial charge in [0.25, 0.3) is 0 Å². The lowest BCUT2D eigenvalue weighted by atomic mass is 9.72. The minimum absolute atomic E-state index is 0.0358. The van der Waals surface area contributed by atoms with E-state index in [-0.39, 0.29) is 28.4 Å². The van der Waals surface area contributed by atoms with Gasteiger partial charge >= 0.3 is 6.18 Å². The van der Waals surface area contributed by atoms with Crippen molar-refractivity contribution in [1.29, 1.82) is 0 Å². The quantitative estimate of drug-likeness (QED) is 0.185. The van der Waals surface area contributed by atoms with E-state index in [0.717, 1.165) is 104 Å². The van der Waals surface area contributed by atoms with Crippen molar-refractivity contribution in [2.45, 2.75) is 77.9 Å². The summed E-state index contributed by atoms with van der Waals surface area (Å²) in [4.78, 5) is 31.6. The Hall–Kier alpha value is -4.39. The van der Waals surface area contributed by atoms with Crippen LogP contribution in [0.1, 0.15) is 69.9 Å². The van der Waals surface area contributed by atoms with E-state index in [0.29, 0.717) is 42.1 Å². The molecule has 5 fully saturated rings. The normalized spacial score (nSPS) is 22.1. The highest BCUT2D eigenvalue weighted by atomic mass is 19.4. The van der Waals surface area contributed by atoms with Gasteiger partial charge in [-0.25, -0.2) is 4.98 Å². The molecule has 2 aromatic carbocycles. The molecule has 1 aliphatic carbocycles. The van der Waals surface area contributed by atoms with Gasteiger partial charge in [-0.2, -0.15) is 23.3 Å². The molecule has 4 aliphatic heterocycles. The largest absolute Gasteiger partial charge is 0.481 e. The summed E-state index contributed by atoms with van der Waals surface area (Å²) >= 11 is 0. The molecule has 10 nitrogen and oxygen atoms in total. The summed E-state index contributed by atoms with van der Waals surface area (Å²) in [5.74, 6) is 2.22. The maximum atomic E-state index is 14.2. The molecule has 4 saturated heterocycles. The van der Waals surface area contributed by atoms with Crippen molar-refractivity contribution in [3.63, 3.8) is 0 Å². The van der Waals surface area contributed by atoms with Crippen molar-refractivity contribution in [3.8, 4) is 16.9 Å². The van der Waals surface area contributed by atoms with Crippen molar-refractivity contribution >= 4 is 39.5 Å². The second-order valence-corrected chi connectivity index (χ2v) is 18.0. The first-order chi connectivity index (χ1) is 26.2. The number of benzene rings is 2. The van der Waals surface area contributed by atoms with Crippen LogP contribution in [0.25, 0.3) is 32.9 Å². The topological polar surface area (TPSA) is 93.7 Å². The van der Waals surface area contributed by atoms with E-state index >= 15 is 0 Å². The van der Waals surface area contributed by atoms with Crippen LogP contribution in [0.2, 0.25) is 0 Å². The smallest absolute Gasteiger partial charge is 0.422 e. The standard InChI is InChI=1S/C42H51F3N8O2/c1-6-33(54)53-22-41(23-53)12-15-50(16-13-41)38-30-17-29(26-8-9-26)35(34-25(2)7-10-32-31(34)18-46-49-32)37(55-24-42(43,44)45)36(30)47-39(48-38)52-20-28(21-52)51-14-11-27(19-51)40(3,4)5/h6-7,10,17-18,26-28H,1,8-9,11-16,19-24H2,2-5H3,(H,46,49)/t27-/m1/s1. The van der Waals surface area contributed by atoms with E-state index in [1.165, 1.54) is 12.5 Å². The number of hydrogen-bond donors (Lipinski definition) is 1. The fourth-order valence-corrected chi connectivity index (χ4v) is 9.57. The number of carbonyl (C=O) groups excluding carboxylic acids is 1. The Balaban J connectivity index is 1.15. The molecule has 55 heavy (non-hydrogen) atoms. The number of nitrogens with one attached hydrogen (secondary N) is 1. The second-order valence-electron chi connectivity index (χ2n) is 18.0. The third-order valence-corrected chi connectivity index (χ3v) is 13.2. The number of anilines is 2. The van der Waals surface area contributed by atoms with E-state index < -0.39 is 12.8 Å². The fraction of sp³-hybridized carbons (Fsp3) is 0.571. The van der Waals surface area contributed by atoms with E-state index in [9.17, 15) is 18.0 Å². The number of aromatic amines is 1. The van der Waals surface area contributed by atoms with Gasteiger partial charge in [-0.15, -0.1) is 0 Å². The maximum Gasteiger partial charge on any atom is 0.422 e. The number of fused-ring (bicyclic) bond motifs is 2. The highest BCUT2D eigenvalue weighted by molar-refractivity contribution is 6.06. The molecule has 6 heterocycles. The van der Waals surface area contributed by atoms with Crippen LogP contribution in [0.3, 0.4) is 0 Å². The van der Waals surface area contributed by atoms with Gasteiger partial charge in [0.15, 0.2) is 12.4 Å². The number of H-pyrrole nitrogens is 1. The molecule has 1 spiro atoms. The van der Waals surface area contributed by atoms with Crippen LogP contribution in [-0.2, 0) is 4.79 Å². The number of rotatable bonds is 8. The predicted molar refractivity (Wildman–Crippen MR) is 209 cm³/mol. The molecule has 0 radical (unpaired) electrons. The van der Waals surface area contributed by atoms with Crippen LogP contribution in [0, 0.1) is 23.7 Å². The summed E-state index contributed by atoms with van der Waals surface area (Å²) in [6.45, 7) is 17.7. The monoisotopic (exact) mass is 756 g/mol. The molecule has 9 rings (SSSR count). The molecule has 1 atom stereocenters. The summed E-state index contributed by atoms with van der Waals surface area (Å²) in [7, 11) is 0. The number of piperidine rings is 1. The Morgan fingerprint density at radius 2 is 1.75 bits per heavy atom. The summed E-state index contributed by atoms with van der Waals surface area (Å²) < 4.78 is 48.5. The van der Waals surface area contributed by atoms with Gasteiger partial charge in [-0.3, -0.25) is 14.8 Å². The number of hydrogen-bond acceptors (Lipinski definition) is 8. The van der Waals surface area contributed by atoms with Crippen LogP contribution in [0.4, 0.5) is 24.9 Å². The first-order valence-electron chi connectivity index (χ1n) is 19.9. The molecule has 2 aromatic heterocycles. The first kappa shape index (κ1) is 36.3. The Labute approximate surface area is 320 Å². The number of halogens is 3. The van der Waals surface area contributed by atoms with Crippen LogP contribution < -0.4 is 14.5 Å². The molecule has 4 aromatic rings. The van der Waals surface area contributed by atoms with E-state index in [1.54, 1.807) is 6.20 Å². The minimum Gasteiger partial charge on any atom is -0.481 e. The zero-order valence-electron chi connectivity index (χ0n) is 32.3. The number of nitrogens with zero attached hydrogens (tertiary/aromatic N) is 7.